The van der Waals surface area contributed by atoms with Gasteiger partial charge in [0.15, 0.2) is 0 Å². The zero-order chi connectivity index (χ0) is 20.8. The molecule has 0 atom stereocenters. The van der Waals surface area contributed by atoms with Crippen molar-refractivity contribution in [2.24, 2.45) is 0 Å². The van der Waals surface area contributed by atoms with Crippen LogP contribution in [0.15, 0.2) is 42.5 Å². The molecular weight excluding hydrogens is 388 g/mol. The highest BCUT2D eigenvalue weighted by Crippen LogP contribution is 2.27. The number of amides is 2. The summed E-state index contributed by atoms with van der Waals surface area (Å²) in [6.07, 6.45) is 2.30. The molecule has 2 aromatic rings. The molecule has 154 valence electrons. The number of benzene rings is 2. The molecule has 0 unspecified atom stereocenters. The summed E-state index contributed by atoms with van der Waals surface area (Å²) < 4.78 is 5.82. The summed E-state index contributed by atoms with van der Waals surface area (Å²) in [7, 11) is 0. The topological polar surface area (TPSA) is 58.6 Å². The number of aryl methyl sites for hydroxylation is 1. The molecule has 1 heterocycles. The number of ether oxygens (including phenoxy) is 1. The molecule has 1 aliphatic heterocycles. The minimum Gasteiger partial charge on any atom is -0.494 e. The Morgan fingerprint density at radius 3 is 2.79 bits per heavy atom. The lowest BCUT2D eigenvalue weighted by Crippen LogP contribution is -2.36. The second-order valence-electron chi connectivity index (χ2n) is 7.56. The first kappa shape index (κ1) is 21.2. The first-order valence-corrected chi connectivity index (χ1v) is 10.4. The average molecular weight is 415 g/mol. The molecule has 1 aliphatic rings. The number of fused-ring (bicyclic) bond motifs is 1. The summed E-state index contributed by atoms with van der Waals surface area (Å²) in [5.41, 5.74) is 2.97. The second-order valence-corrected chi connectivity index (χ2v) is 8.00. The monoisotopic (exact) mass is 414 g/mol. The summed E-state index contributed by atoms with van der Waals surface area (Å²) in [6, 6.07) is 13.4. The molecule has 0 fully saturated rings. The van der Waals surface area contributed by atoms with Crippen LogP contribution in [-0.2, 0) is 22.6 Å². The molecular formula is C23H27ClN2O3. The first-order chi connectivity index (χ1) is 13.9. The van der Waals surface area contributed by atoms with Crippen LogP contribution in [0.5, 0.6) is 5.75 Å². The molecule has 5 nitrogen and oxygen atoms in total. The lowest BCUT2D eigenvalue weighted by Gasteiger charge is -2.27. The second kappa shape index (κ2) is 9.79. The first-order valence-electron chi connectivity index (χ1n) is 10.0. The van der Waals surface area contributed by atoms with Gasteiger partial charge in [-0.05, 0) is 68.1 Å². The van der Waals surface area contributed by atoms with E-state index in [9.17, 15) is 9.59 Å². The van der Waals surface area contributed by atoms with Crippen molar-refractivity contribution in [3.05, 3.63) is 58.6 Å². The van der Waals surface area contributed by atoms with E-state index in [0.29, 0.717) is 37.4 Å². The van der Waals surface area contributed by atoms with Crippen molar-refractivity contribution < 1.29 is 14.3 Å². The van der Waals surface area contributed by atoms with Crippen molar-refractivity contribution in [2.75, 3.05) is 11.9 Å². The highest BCUT2D eigenvalue weighted by molar-refractivity contribution is 6.30. The summed E-state index contributed by atoms with van der Waals surface area (Å²) >= 11 is 6.06. The van der Waals surface area contributed by atoms with Crippen molar-refractivity contribution in [3.8, 4) is 5.75 Å². The van der Waals surface area contributed by atoms with Crippen LogP contribution in [0.1, 0.15) is 44.2 Å². The predicted octanol–water partition coefficient (Wildman–Crippen LogP) is 4.82. The van der Waals surface area contributed by atoms with Gasteiger partial charge in [-0.3, -0.25) is 9.59 Å². The molecule has 0 aliphatic carbocycles. The van der Waals surface area contributed by atoms with E-state index in [0.717, 1.165) is 29.0 Å². The van der Waals surface area contributed by atoms with Crippen LogP contribution in [-0.4, -0.2) is 29.4 Å². The maximum absolute atomic E-state index is 12.7. The summed E-state index contributed by atoms with van der Waals surface area (Å²) in [4.78, 5) is 26.0. The Bertz CT molecular complexity index is 882. The number of halogens is 1. The Morgan fingerprint density at radius 2 is 2.03 bits per heavy atom. The largest absolute Gasteiger partial charge is 0.494 e. The molecule has 3 rings (SSSR count). The molecule has 0 saturated carbocycles. The van der Waals surface area contributed by atoms with Crippen LogP contribution in [0, 0.1) is 0 Å². The smallest absolute Gasteiger partial charge is 0.224 e. The summed E-state index contributed by atoms with van der Waals surface area (Å²) in [5, 5.41) is 3.54. The number of nitrogens with one attached hydrogen (secondary N) is 1. The van der Waals surface area contributed by atoms with E-state index in [4.69, 9.17) is 16.3 Å². The minimum atomic E-state index is 0.0529. The zero-order valence-electron chi connectivity index (χ0n) is 16.9. The van der Waals surface area contributed by atoms with Crippen LogP contribution in [0.4, 0.5) is 5.69 Å². The lowest BCUT2D eigenvalue weighted by molar-refractivity contribution is -0.133. The van der Waals surface area contributed by atoms with Gasteiger partial charge in [0.05, 0.1) is 6.61 Å². The fraction of sp³-hybridized carbons (Fsp3) is 0.391. The third-order valence-electron chi connectivity index (χ3n) is 4.96. The van der Waals surface area contributed by atoms with Gasteiger partial charge in [-0.2, -0.15) is 0 Å². The van der Waals surface area contributed by atoms with E-state index >= 15 is 0 Å². The molecule has 0 saturated heterocycles. The van der Waals surface area contributed by atoms with Gasteiger partial charge in [-0.15, -0.1) is 0 Å². The Hall–Kier alpha value is -2.53. The van der Waals surface area contributed by atoms with E-state index in [-0.39, 0.29) is 17.9 Å². The standard InChI is InChI=1S/C23H27ClN2O3/c1-16(2)26(15-17-5-3-6-19(24)13-17)23(28)7-4-12-29-20-9-10-21-18(14-20)8-11-22(27)25-21/h3,5-6,9-10,13-14,16H,4,7-8,11-12,15H2,1-2H3,(H,25,27). The Labute approximate surface area is 177 Å². The number of anilines is 1. The Kier molecular flexibility index (Phi) is 7.15. The van der Waals surface area contributed by atoms with E-state index in [2.05, 4.69) is 5.32 Å². The Balaban J connectivity index is 1.48. The van der Waals surface area contributed by atoms with Crippen molar-refractivity contribution >= 4 is 29.1 Å². The van der Waals surface area contributed by atoms with Crippen molar-refractivity contribution in [2.45, 2.75) is 52.1 Å². The number of hydrogen-bond acceptors (Lipinski definition) is 3. The number of carbonyl (C=O) groups excluding carboxylic acids is 2. The minimum absolute atomic E-state index is 0.0529. The zero-order valence-corrected chi connectivity index (χ0v) is 17.7. The van der Waals surface area contributed by atoms with Crippen molar-refractivity contribution in [1.29, 1.82) is 0 Å². The van der Waals surface area contributed by atoms with E-state index < -0.39 is 0 Å². The molecule has 1 N–H and O–H groups in total. The SMILES string of the molecule is CC(C)N(Cc1cccc(Cl)c1)C(=O)CCCOc1ccc2c(c1)CCC(=O)N2. The van der Waals surface area contributed by atoms with Crippen LogP contribution in [0.25, 0.3) is 0 Å². The molecule has 0 spiro atoms. The summed E-state index contributed by atoms with van der Waals surface area (Å²) in [5.74, 6) is 0.931. The predicted molar refractivity (Wildman–Crippen MR) is 115 cm³/mol. The molecule has 2 aromatic carbocycles. The lowest BCUT2D eigenvalue weighted by atomic mass is 10.0. The number of carbonyl (C=O) groups is 2. The van der Waals surface area contributed by atoms with Gasteiger partial charge in [-0.25, -0.2) is 0 Å². The molecule has 2 amide bonds. The molecule has 6 heteroatoms. The normalized spacial score (nSPS) is 13.0. The van der Waals surface area contributed by atoms with E-state index in [1.54, 1.807) is 0 Å². The van der Waals surface area contributed by atoms with Gasteiger partial charge in [0.2, 0.25) is 11.8 Å². The summed E-state index contributed by atoms with van der Waals surface area (Å²) in [6.45, 7) is 5.06. The fourth-order valence-electron chi connectivity index (χ4n) is 3.40. The number of rotatable bonds is 8. The highest BCUT2D eigenvalue weighted by atomic mass is 35.5. The molecule has 0 aromatic heterocycles. The molecule has 0 radical (unpaired) electrons. The van der Waals surface area contributed by atoms with Gasteiger partial charge in [0, 0.05) is 36.1 Å². The number of nitrogens with zero attached hydrogens (tertiary/aromatic N) is 1. The maximum Gasteiger partial charge on any atom is 0.224 e. The highest BCUT2D eigenvalue weighted by Gasteiger charge is 2.18. The molecule has 29 heavy (non-hydrogen) atoms. The van der Waals surface area contributed by atoms with Crippen LogP contribution < -0.4 is 10.1 Å². The van der Waals surface area contributed by atoms with Crippen molar-refractivity contribution in [3.63, 3.8) is 0 Å². The average Bonchev–Trinajstić information content (AvgIpc) is 2.69. The number of hydrogen-bond donors (Lipinski definition) is 1. The van der Waals surface area contributed by atoms with Gasteiger partial charge >= 0.3 is 0 Å². The van der Waals surface area contributed by atoms with Gasteiger partial charge in [0.25, 0.3) is 0 Å². The van der Waals surface area contributed by atoms with E-state index in [1.165, 1.54) is 0 Å². The molecule has 0 bridgehead atoms. The van der Waals surface area contributed by atoms with Gasteiger partial charge in [-0.1, -0.05) is 23.7 Å². The van der Waals surface area contributed by atoms with Crippen LogP contribution in [0.2, 0.25) is 5.02 Å². The third kappa shape index (κ3) is 5.97. The maximum atomic E-state index is 12.7. The van der Waals surface area contributed by atoms with Crippen LogP contribution >= 0.6 is 11.6 Å². The third-order valence-corrected chi connectivity index (χ3v) is 5.20. The van der Waals surface area contributed by atoms with Crippen LogP contribution in [0.3, 0.4) is 0 Å². The van der Waals surface area contributed by atoms with E-state index in [1.807, 2.05) is 61.2 Å². The van der Waals surface area contributed by atoms with Gasteiger partial charge < -0.3 is 15.0 Å². The van der Waals surface area contributed by atoms with Gasteiger partial charge in [0.1, 0.15) is 5.75 Å². The quantitative estimate of drug-likeness (QED) is 0.630. The van der Waals surface area contributed by atoms with Crippen molar-refractivity contribution in [1.82, 2.24) is 4.90 Å². The Morgan fingerprint density at radius 1 is 1.21 bits per heavy atom. The fourth-order valence-corrected chi connectivity index (χ4v) is 3.61.